The molecule has 1 aromatic carbocycles. The maximum Gasteiger partial charge on any atom is 0.269 e. The van der Waals surface area contributed by atoms with Gasteiger partial charge in [0.2, 0.25) is 0 Å². The first-order valence-corrected chi connectivity index (χ1v) is 8.46. The molecule has 102 valence electrons. The predicted molar refractivity (Wildman–Crippen MR) is 86.2 cm³/mol. The van der Waals surface area contributed by atoms with Gasteiger partial charge < -0.3 is 0 Å². The Balaban J connectivity index is 2.38. The van der Waals surface area contributed by atoms with Crippen molar-refractivity contribution in [3.63, 3.8) is 0 Å². The molecule has 4 nitrogen and oxygen atoms in total. The molecule has 0 aliphatic heterocycles. The Morgan fingerprint density at radius 2 is 1.85 bits per heavy atom. The number of aromatic nitrogens is 2. The summed E-state index contributed by atoms with van der Waals surface area (Å²) < 4.78 is 27.7. The molecule has 6 heteroatoms. The lowest BCUT2D eigenvalue weighted by molar-refractivity contribution is 0.588. The van der Waals surface area contributed by atoms with Crippen molar-refractivity contribution in [1.82, 2.24) is 8.96 Å². The van der Waals surface area contributed by atoms with E-state index in [1.165, 1.54) is 3.97 Å². The molecule has 0 atom stereocenters. The zero-order valence-electron chi connectivity index (χ0n) is 10.6. The first-order valence-electron chi connectivity index (χ1n) is 5.94. The van der Waals surface area contributed by atoms with Crippen molar-refractivity contribution in [2.45, 2.75) is 11.8 Å². The van der Waals surface area contributed by atoms with Gasteiger partial charge in [0.25, 0.3) is 10.0 Å². The number of nitrogens with zero attached hydrogens (tertiary/aromatic N) is 2. The fraction of sp³-hybridized carbons (Fsp3) is 0.0714. The average Bonchev–Trinajstić information content (AvgIpc) is 2.78. The molecule has 0 aliphatic carbocycles. The summed E-state index contributed by atoms with van der Waals surface area (Å²) in [5.74, 6) is 0. The van der Waals surface area contributed by atoms with Crippen LogP contribution in [0.2, 0.25) is 0 Å². The summed E-state index contributed by atoms with van der Waals surface area (Å²) in [4.78, 5) is 4.39. The SMILES string of the molecule is Cc1cncc2cc(I)n(S(=O)(=O)c3ccccc3)c12. The average molecular weight is 398 g/mol. The van der Waals surface area contributed by atoms with E-state index in [4.69, 9.17) is 0 Å². The van der Waals surface area contributed by atoms with Crippen LogP contribution >= 0.6 is 22.6 Å². The monoisotopic (exact) mass is 398 g/mol. The summed E-state index contributed by atoms with van der Waals surface area (Å²) in [6, 6.07) is 10.3. The fourth-order valence-electron chi connectivity index (χ4n) is 2.19. The first-order chi connectivity index (χ1) is 9.51. The predicted octanol–water partition coefficient (Wildman–Crippen LogP) is 3.19. The lowest BCUT2D eigenvalue weighted by atomic mass is 10.2. The number of aryl methyl sites for hydroxylation is 1. The number of halogens is 1. The lowest BCUT2D eigenvalue weighted by Gasteiger charge is -2.10. The molecule has 0 fully saturated rings. The molecule has 20 heavy (non-hydrogen) atoms. The van der Waals surface area contributed by atoms with Gasteiger partial charge in [-0.2, -0.15) is 0 Å². The van der Waals surface area contributed by atoms with Gasteiger partial charge in [-0.25, -0.2) is 12.4 Å². The second-order valence-electron chi connectivity index (χ2n) is 4.44. The standard InChI is InChI=1S/C14H11IN2O2S/c1-10-8-16-9-11-7-13(15)17(14(10)11)20(18,19)12-5-3-2-4-6-12/h2-9H,1H3. The van der Waals surface area contributed by atoms with E-state index < -0.39 is 10.0 Å². The molecule has 0 N–H and O–H groups in total. The highest BCUT2D eigenvalue weighted by atomic mass is 127. The fourth-order valence-corrected chi connectivity index (χ4v) is 5.03. The molecular weight excluding hydrogens is 387 g/mol. The number of fused-ring (bicyclic) bond motifs is 1. The van der Waals surface area contributed by atoms with Crippen LogP contribution in [-0.4, -0.2) is 17.4 Å². The highest BCUT2D eigenvalue weighted by Crippen LogP contribution is 2.28. The molecule has 0 radical (unpaired) electrons. The number of hydrogen-bond acceptors (Lipinski definition) is 3. The summed E-state index contributed by atoms with van der Waals surface area (Å²) in [6.07, 6.45) is 3.36. The summed E-state index contributed by atoms with van der Waals surface area (Å²) in [5.41, 5.74) is 1.53. The molecule has 0 bridgehead atoms. The van der Waals surface area contributed by atoms with Crippen LogP contribution in [0.1, 0.15) is 5.56 Å². The van der Waals surface area contributed by atoms with E-state index in [1.54, 1.807) is 42.7 Å². The molecule has 3 aromatic rings. The van der Waals surface area contributed by atoms with E-state index in [-0.39, 0.29) is 4.90 Å². The normalized spacial score (nSPS) is 11.9. The van der Waals surface area contributed by atoms with Crippen molar-refractivity contribution in [3.8, 4) is 0 Å². The van der Waals surface area contributed by atoms with E-state index in [0.29, 0.717) is 9.22 Å². The smallest absolute Gasteiger partial charge is 0.264 e. The summed E-state index contributed by atoms with van der Waals surface area (Å²) >= 11 is 2.04. The third-order valence-corrected chi connectivity index (χ3v) is 5.93. The molecule has 0 saturated heterocycles. The Labute approximate surface area is 130 Å². The van der Waals surface area contributed by atoms with Crippen LogP contribution in [0.4, 0.5) is 0 Å². The Morgan fingerprint density at radius 3 is 2.55 bits per heavy atom. The van der Waals surface area contributed by atoms with Crippen LogP contribution in [-0.2, 0) is 10.0 Å². The largest absolute Gasteiger partial charge is 0.269 e. The number of rotatable bonds is 2. The molecule has 2 heterocycles. The van der Waals surface area contributed by atoms with Gasteiger partial charge in [0, 0.05) is 17.8 Å². The molecule has 0 unspecified atom stereocenters. The highest BCUT2D eigenvalue weighted by molar-refractivity contribution is 14.1. The van der Waals surface area contributed by atoms with Crippen LogP contribution in [0.3, 0.4) is 0 Å². The zero-order chi connectivity index (χ0) is 14.3. The van der Waals surface area contributed by atoms with Crippen molar-refractivity contribution in [1.29, 1.82) is 0 Å². The van der Waals surface area contributed by atoms with Crippen molar-refractivity contribution in [2.24, 2.45) is 0 Å². The summed E-state index contributed by atoms with van der Waals surface area (Å²) in [5, 5.41) is 0.828. The highest BCUT2D eigenvalue weighted by Gasteiger charge is 2.22. The quantitative estimate of drug-likeness (QED) is 0.624. The Hall–Kier alpha value is -1.41. The summed E-state index contributed by atoms with van der Waals surface area (Å²) in [7, 11) is -3.59. The van der Waals surface area contributed by atoms with Crippen molar-refractivity contribution in [3.05, 3.63) is 58.1 Å². The van der Waals surface area contributed by atoms with Gasteiger partial charge in [0.05, 0.1) is 14.1 Å². The van der Waals surface area contributed by atoms with E-state index in [9.17, 15) is 8.42 Å². The van der Waals surface area contributed by atoms with Gasteiger partial charge in [-0.15, -0.1) is 0 Å². The maximum atomic E-state index is 12.8. The van der Waals surface area contributed by atoms with Gasteiger partial charge in [0.15, 0.2) is 0 Å². The molecular formula is C14H11IN2O2S. The Kier molecular flexibility index (Phi) is 3.29. The van der Waals surface area contributed by atoms with Crippen LogP contribution in [0, 0.1) is 10.6 Å². The van der Waals surface area contributed by atoms with Crippen molar-refractivity contribution >= 4 is 43.5 Å². The van der Waals surface area contributed by atoms with E-state index in [2.05, 4.69) is 4.98 Å². The lowest BCUT2D eigenvalue weighted by Crippen LogP contribution is -2.14. The van der Waals surface area contributed by atoms with Gasteiger partial charge in [0.1, 0.15) is 0 Å². The minimum Gasteiger partial charge on any atom is -0.264 e. The van der Waals surface area contributed by atoms with Gasteiger partial charge in [-0.1, -0.05) is 18.2 Å². The third kappa shape index (κ3) is 2.03. The minimum absolute atomic E-state index is 0.284. The Morgan fingerprint density at radius 1 is 1.15 bits per heavy atom. The van der Waals surface area contributed by atoms with Gasteiger partial charge in [-0.3, -0.25) is 4.98 Å². The summed E-state index contributed by atoms with van der Waals surface area (Å²) in [6.45, 7) is 1.86. The topological polar surface area (TPSA) is 52.0 Å². The molecule has 0 saturated carbocycles. The van der Waals surface area contributed by atoms with Crippen LogP contribution < -0.4 is 0 Å². The molecule has 2 aromatic heterocycles. The first kappa shape index (κ1) is 13.6. The van der Waals surface area contributed by atoms with Crippen molar-refractivity contribution < 1.29 is 8.42 Å². The molecule has 3 rings (SSSR count). The Bertz CT molecular complexity index is 886. The van der Waals surface area contributed by atoms with Crippen molar-refractivity contribution in [2.75, 3.05) is 0 Å². The second-order valence-corrected chi connectivity index (χ2v) is 7.34. The molecule has 0 spiro atoms. The van der Waals surface area contributed by atoms with Gasteiger partial charge in [-0.05, 0) is 53.3 Å². The molecule has 0 aliphatic rings. The van der Waals surface area contributed by atoms with E-state index in [0.717, 1.165) is 10.9 Å². The van der Waals surface area contributed by atoms with Gasteiger partial charge >= 0.3 is 0 Å². The van der Waals surface area contributed by atoms with E-state index >= 15 is 0 Å². The third-order valence-electron chi connectivity index (χ3n) is 3.08. The number of hydrogen-bond donors (Lipinski definition) is 0. The molecule has 0 amide bonds. The van der Waals surface area contributed by atoms with Crippen LogP contribution in [0.15, 0.2) is 53.7 Å². The van der Waals surface area contributed by atoms with Crippen LogP contribution in [0.25, 0.3) is 10.9 Å². The van der Waals surface area contributed by atoms with E-state index in [1.807, 2.05) is 35.6 Å². The maximum absolute atomic E-state index is 12.8. The number of benzene rings is 1. The van der Waals surface area contributed by atoms with Crippen LogP contribution in [0.5, 0.6) is 0 Å². The minimum atomic E-state index is -3.59. The number of pyridine rings is 1. The zero-order valence-corrected chi connectivity index (χ0v) is 13.6. The second kappa shape index (κ2) is 4.85.